The molecule has 0 spiro atoms. The molecule has 0 bridgehead atoms. The number of aliphatic imine (C=N–C) groups is 1. The van der Waals surface area contributed by atoms with Gasteiger partial charge in [0.1, 0.15) is 12.4 Å². The number of carbonyl (C=O) groups excluding carboxylic acids is 1. The number of esters is 1. The van der Waals surface area contributed by atoms with Gasteiger partial charge in [-0.3, -0.25) is 0 Å². The Labute approximate surface area is 216 Å². The van der Waals surface area contributed by atoms with Crippen molar-refractivity contribution in [1.82, 2.24) is 0 Å². The molecule has 0 unspecified atom stereocenters. The van der Waals surface area contributed by atoms with E-state index in [0.29, 0.717) is 22.2 Å². The van der Waals surface area contributed by atoms with E-state index in [9.17, 15) is 4.79 Å². The first-order chi connectivity index (χ1) is 14.9. The lowest BCUT2D eigenvalue weighted by molar-refractivity contribution is -0.129. The van der Waals surface area contributed by atoms with Crippen LogP contribution < -0.4 is 4.74 Å². The van der Waals surface area contributed by atoms with Crippen LogP contribution in [0.15, 0.2) is 71.4 Å². The maximum atomic E-state index is 12.3. The minimum Gasteiger partial charge on any atom is -0.487 e. The van der Waals surface area contributed by atoms with Gasteiger partial charge < -0.3 is 9.47 Å². The first-order valence-corrected chi connectivity index (χ1v) is 12.0. The Morgan fingerprint density at radius 2 is 1.68 bits per heavy atom. The minimum atomic E-state index is -0.518. The Bertz CT molecular complexity index is 1200. The molecular formula is C23H13Cl2I2NO3. The van der Waals surface area contributed by atoms with Gasteiger partial charge in [-0.05, 0) is 92.7 Å². The SMILES string of the molecule is O=C1OC(c2ccc(Cl)c(Cl)c2)=N/C1=C\c1cc(I)c(OCc2ccccc2)c(I)c1. The fourth-order valence-electron chi connectivity index (χ4n) is 2.85. The van der Waals surface area contributed by atoms with Crippen LogP contribution in [-0.2, 0) is 16.1 Å². The summed E-state index contributed by atoms with van der Waals surface area (Å²) in [5, 5.41) is 0.787. The van der Waals surface area contributed by atoms with Crippen LogP contribution in [0.5, 0.6) is 5.75 Å². The third-order valence-corrected chi connectivity index (χ3v) is 6.68. The molecule has 3 aromatic carbocycles. The molecule has 0 atom stereocenters. The maximum Gasteiger partial charge on any atom is 0.363 e. The van der Waals surface area contributed by atoms with Crippen molar-refractivity contribution in [2.45, 2.75) is 6.61 Å². The second-order valence-electron chi connectivity index (χ2n) is 6.55. The molecule has 0 radical (unpaired) electrons. The fourth-order valence-corrected chi connectivity index (χ4v) is 5.28. The molecular weight excluding hydrogens is 663 g/mol. The molecule has 31 heavy (non-hydrogen) atoms. The molecule has 0 saturated heterocycles. The fraction of sp³-hybridized carbons (Fsp3) is 0.0435. The molecule has 0 N–H and O–H groups in total. The van der Waals surface area contributed by atoms with Gasteiger partial charge >= 0.3 is 5.97 Å². The molecule has 1 heterocycles. The lowest BCUT2D eigenvalue weighted by Gasteiger charge is -2.11. The summed E-state index contributed by atoms with van der Waals surface area (Å²) >= 11 is 16.5. The largest absolute Gasteiger partial charge is 0.487 e. The first kappa shape index (κ1) is 22.6. The summed E-state index contributed by atoms with van der Waals surface area (Å²) in [7, 11) is 0. The molecule has 0 saturated carbocycles. The van der Waals surface area contributed by atoms with Crippen LogP contribution in [0.1, 0.15) is 16.7 Å². The number of carbonyl (C=O) groups is 1. The van der Waals surface area contributed by atoms with Crippen molar-refractivity contribution in [3.8, 4) is 5.75 Å². The van der Waals surface area contributed by atoms with E-state index in [1.165, 1.54) is 0 Å². The van der Waals surface area contributed by atoms with Crippen molar-refractivity contribution in [2.75, 3.05) is 0 Å². The van der Waals surface area contributed by atoms with Gasteiger partial charge in [-0.15, -0.1) is 0 Å². The van der Waals surface area contributed by atoms with Crippen LogP contribution >= 0.6 is 68.4 Å². The zero-order chi connectivity index (χ0) is 22.0. The molecule has 0 fully saturated rings. The smallest absolute Gasteiger partial charge is 0.363 e. The van der Waals surface area contributed by atoms with Crippen molar-refractivity contribution < 1.29 is 14.3 Å². The zero-order valence-corrected chi connectivity index (χ0v) is 21.6. The van der Waals surface area contributed by atoms with E-state index in [1.54, 1.807) is 24.3 Å². The Morgan fingerprint density at radius 3 is 2.35 bits per heavy atom. The van der Waals surface area contributed by atoms with Gasteiger partial charge in [-0.2, -0.15) is 0 Å². The monoisotopic (exact) mass is 675 g/mol. The summed E-state index contributed by atoms with van der Waals surface area (Å²) in [6, 6.07) is 18.8. The number of rotatable bonds is 5. The van der Waals surface area contributed by atoms with E-state index < -0.39 is 5.97 Å². The lowest BCUT2D eigenvalue weighted by Crippen LogP contribution is -2.05. The van der Waals surface area contributed by atoms with Gasteiger partial charge in [-0.25, -0.2) is 9.79 Å². The lowest BCUT2D eigenvalue weighted by atomic mass is 10.2. The molecule has 8 heteroatoms. The summed E-state index contributed by atoms with van der Waals surface area (Å²) in [5.74, 6) is 0.485. The Kier molecular flexibility index (Phi) is 7.20. The third-order valence-electron chi connectivity index (χ3n) is 4.34. The van der Waals surface area contributed by atoms with Crippen LogP contribution in [0.3, 0.4) is 0 Å². The summed E-state index contributed by atoms with van der Waals surface area (Å²) in [5.41, 5.74) is 2.72. The van der Waals surface area contributed by atoms with Crippen molar-refractivity contribution in [3.05, 3.63) is 100 Å². The third kappa shape index (κ3) is 5.42. The zero-order valence-electron chi connectivity index (χ0n) is 15.7. The molecule has 0 aliphatic carbocycles. The van der Waals surface area contributed by atoms with Gasteiger partial charge in [0.05, 0.1) is 17.2 Å². The summed E-state index contributed by atoms with van der Waals surface area (Å²) in [4.78, 5) is 16.6. The van der Waals surface area contributed by atoms with Crippen LogP contribution in [0.25, 0.3) is 6.08 Å². The Balaban J connectivity index is 1.57. The standard InChI is InChI=1S/C23H13Cl2I2NO3/c24-16-7-6-15(11-17(16)25)22-28-20(23(29)31-22)10-14-8-18(26)21(19(27)9-14)30-12-13-4-2-1-3-5-13/h1-11H,12H2/b20-10-. The number of cyclic esters (lactones) is 1. The van der Waals surface area contributed by atoms with Crippen LogP contribution in [-0.4, -0.2) is 11.9 Å². The van der Waals surface area contributed by atoms with Gasteiger partial charge in [-0.1, -0.05) is 53.5 Å². The number of benzene rings is 3. The minimum absolute atomic E-state index is 0.196. The van der Waals surface area contributed by atoms with Crippen molar-refractivity contribution in [1.29, 1.82) is 0 Å². The summed E-state index contributed by atoms with van der Waals surface area (Å²) in [6.45, 7) is 0.483. The number of halogens is 4. The molecule has 0 amide bonds. The number of hydrogen-bond acceptors (Lipinski definition) is 4. The molecule has 1 aliphatic rings. The number of nitrogens with zero attached hydrogens (tertiary/aromatic N) is 1. The van der Waals surface area contributed by atoms with Gasteiger partial charge in [0.25, 0.3) is 0 Å². The predicted molar refractivity (Wildman–Crippen MR) is 140 cm³/mol. The average Bonchev–Trinajstić information content (AvgIpc) is 3.10. The van der Waals surface area contributed by atoms with Crippen LogP contribution in [0.4, 0.5) is 0 Å². The van der Waals surface area contributed by atoms with Gasteiger partial charge in [0.2, 0.25) is 5.90 Å². The molecule has 0 aromatic heterocycles. The van der Waals surface area contributed by atoms with E-state index in [0.717, 1.165) is 24.0 Å². The highest BCUT2D eigenvalue weighted by Gasteiger charge is 2.25. The maximum absolute atomic E-state index is 12.3. The van der Waals surface area contributed by atoms with E-state index >= 15 is 0 Å². The summed E-state index contributed by atoms with van der Waals surface area (Å²) < 4.78 is 13.2. The molecule has 4 nitrogen and oxygen atoms in total. The average molecular weight is 676 g/mol. The van der Waals surface area contributed by atoms with Crippen LogP contribution in [0.2, 0.25) is 10.0 Å². The predicted octanol–water partition coefficient (Wildman–Crippen LogP) is 7.13. The second kappa shape index (κ2) is 9.89. The van der Waals surface area contributed by atoms with E-state index in [4.69, 9.17) is 32.7 Å². The van der Waals surface area contributed by atoms with Crippen molar-refractivity contribution >= 4 is 86.3 Å². The first-order valence-electron chi connectivity index (χ1n) is 9.04. The summed E-state index contributed by atoms with van der Waals surface area (Å²) in [6.07, 6.45) is 1.69. The molecule has 1 aliphatic heterocycles. The molecule has 3 aromatic rings. The number of ether oxygens (including phenoxy) is 2. The van der Waals surface area contributed by atoms with Crippen molar-refractivity contribution in [3.63, 3.8) is 0 Å². The van der Waals surface area contributed by atoms with E-state index in [-0.39, 0.29) is 11.6 Å². The number of hydrogen-bond donors (Lipinski definition) is 0. The highest BCUT2D eigenvalue weighted by molar-refractivity contribution is 14.1. The van der Waals surface area contributed by atoms with Crippen LogP contribution in [0, 0.1) is 7.14 Å². The van der Waals surface area contributed by atoms with Gasteiger partial charge in [0.15, 0.2) is 5.70 Å². The van der Waals surface area contributed by atoms with Gasteiger partial charge in [0, 0.05) is 5.56 Å². The molecule has 156 valence electrons. The topological polar surface area (TPSA) is 47.9 Å². The Hall–Kier alpha value is -1.62. The second-order valence-corrected chi connectivity index (χ2v) is 9.69. The van der Waals surface area contributed by atoms with E-state index in [1.807, 2.05) is 42.5 Å². The Morgan fingerprint density at radius 1 is 0.968 bits per heavy atom. The van der Waals surface area contributed by atoms with E-state index in [2.05, 4.69) is 50.2 Å². The quantitative estimate of drug-likeness (QED) is 0.164. The molecule has 4 rings (SSSR count). The highest BCUT2D eigenvalue weighted by atomic mass is 127. The normalized spacial score (nSPS) is 14.5. The van der Waals surface area contributed by atoms with Crippen molar-refractivity contribution in [2.24, 2.45) is 4.99 Å². The highest BCUT2D eigenvalue weighted by Crippen LogP contribution is 2.31.